The van der Waals surface area contributed by atoms with Crippen molar-refractivity contribution in [1.82, 2.24) is 0 Å². The second-order valence-electron chi connectivity index (χ2n) is 2.57. The van der Waals surface area contributed by atoms with Gasteiger partial charge < -0.3 is 4.74 Å². The molecule has 0 aromatic heterocycles. The van der Waals surface area contributed by atoms with Gasteiger partial charge in [0.05, 0.1) is 6.26 Å². The molecule has 1 nitrogen and oxygen atoms in total. The van der Waals surface area contributed by atoms with Crippen LogP contribution in [0.3, 0.4) is 0 Å². The van der Waals surface area contributed by atoms with Crippen LogP contribution in [0.4, 0.5) is 0 Å². The Kier molecular flexibility index (Phi) is 1.35. The molecule has 0 aromatic carbocycles. The number of hydrogen-bond acceptors (Lipinski definition) is 1. The molecule has 0 spiro atoms. The van der Waals surface area contributed by atoms with Gasteiger partial charge >= 0.3 is 0 Å². The van der Waals surface area contributed by atoms with Crippen LogP contribution in [0.5, 0.6) is 0 Å². The molecule has 0 amide bonds. The zero-order valence-corrected chi connectivity index (χ0v) is 5.84. The van der Waals surface area contributed by atoms with Crippen LogP contribution in [-0.2, 0) is 4.74 Å². The molecule has 0 aromatic rings. The molecule has 2 rings (SSSR count). The first-order valence-corrected chi connectivity index (χ1v) is 3.68. The molecule has 10 heavy (non-hydrogen) atoms. The van der Waals surface area contributed by atoms with E-state index in [1.54, 1.807) is 6.26 Å². The Morgan fingerprint density at radius 2 is 2.10 bits per heavy atom. The molecule has 0 radical (unpaired) electrons. The lowest BCUT2D eigenvalue weighted by atomic mass is 10.0. The second kappa shape index (κ2) is 2.33. The van der Waals surface area contributed by atoms with Crippen LogP contribution in [-0.4, -0.2) is 0 Å². The van der Waals surface area contributed by atoms with Crippen LogP contribution in [0.25, 0.3) is 0 Å². The van der Waals surface area contributed by atoms with Crippen LogP contribution in [0, 0.1) is 0 Å². The standard InChI is InChI=1S/C9H10O/c1-2-6-9-8(4-1)5-3-7-10-9/h3-4,6-7H,1-2,5H2. The van der Waals surface area contributed by atoms with Gasteiger partial charge in [-0.25, -0.2) is 0 Å². The highest BCUT2D eigenvalue weighted by molar-refractivity contribution is 5.33. The quantitative estimate of drug-likeness (QED) is 0.494. The fourth-order valence-corrected chi connectivity index (χ4v) is 1.31. The largest absolute Gasteiger partial charge is 0.465 e. The maximum atomic E-state index is 5.29. The monoisotopic (exact) mass is 134 g/mol. The van der Waals surface area contributed by atoms with Gasteiger partial charge in [0.25, 0.3) is 0 Å². The zero-order chi connectivity index (χ0) is 6.81. The summed E-state index contributed by atoms with van der Waals surface area (Å²) < 4.78 is 5.29. The van der Waals surface area contributed by atoms with Crippen LogP contribution in [0.15, 0.2) is 35.8 Å². The molecule has 0 N–H and O–H groups in total. The third-order valence-electron chi connectivity index (χ3n) is 1.83. The highest BCUT2D eigenvalue weighted by Gasteiger charge is 2.10. The van der Waals surface area contributed by atoms with Crippen LogP contribution >= 0.6 is 0 Å². The summed E-state index contributed by atoms with van der Waals surface area (Å²) in [6.07, 6.45) is 11.6. The van der Waals surface area contributed by atoms with Gasteiger partial charge in [-0.1, -0.05) is 6.08 Å². The Balaban J connectivity index is 2.30. The van der Waals surface area contributed by atoms with Gasteiger partial charge in [0.2, 0.25) is 0 Å². The van der Waals surface area contributed by atoms with Crippen molar-refractivity contribution in [2.45, 2.75) is 19.3 Å². The lowest BCUT2D eigenvalue weighted by Crippen LogP contribution is -1.99. The SMILES string of the molecule is C1=COC2=CCCC=C2C1. The molecule has 0 bridgehead atoms. The van der Waals surface area contributed by atoms with Crippen molar-refractivity contribution < 1.29 is 4.74 Å². The number of fused-ring (bicyclic) bond motifs is 1. The predicted molar refractivity (Wildman–Crippen MR) is 40.2 cm³/mol. The minimum atomic E-state index is 1.05. The van der Waals surface area contributed by atoms with Gasteiger partial charge in [0.1, 0.15) is 5.76 Å². The van der Waals surface area contributed by atoms with Gasteiger partial charge in [-0.3, -0.25) is 0 Å². The van der Waals surface area contributed by atoms with Crippen molar-refractivity contribution in [3.05, 3.63) is 35.8 Å². The van der Waals surface area contributed by atoms with Gasteiger partial charge in [0.15, 0.2) is 0 Å². The minimum Gasteiger partial charge on any atom is -0.465 e. The summed E-state index contributed by atoms with van der Waals surface area (Å²) >= 11 is 0. The number of rotatable bonds is 0. The molecular formula is C9H10O. The van der Waals surface area contributed by atoms with Crippen LogP contribution in [0.1, 0.15) is 19.3 Å². The molecule has 52 valence electrons. The average Bonchev–Trinajstić information content (AvgIpc) is 2.05. The summed E-state index contributed by atoms with van der Waals surface area (Å²) in [5, 5.41) is 0. The second-order valence-corrected chi connectivity index (χ2v) is 2.57. The molecule has 1 heteroatoms. The zero-order valence-electron chi connectivity index (χ0n) is 5.84. The normalized spacial score (nSPS) is 22.4. The number of hydrogen-bond donors (Lipinski definition) is 0. The molecule has 1 aliphatic carbocycles. The highest BCUT2D eigenvalue weighted by atomic mass is 16.5. The summed E-state index contributed by atoms with van der Waals surface area (Å²) in [6.45, 7) is 0. The fourth-order valence-electron chi connectivity index (χ4n) is 1.31. The summed E-state index contributed by atoms with van der Waals surface area (Å²) in [5.41, 5.74) is 1.36. The molecule has 0 saturated carbocycles. The van der Waals surface area contributed by atoms with Crippen molar-refractivity contribution in [3.63, 3.8) is 0 Å². The summed E-state index contributed by atoms with van der Waals surface area (Å²) in [7, 11) is 0. The summed E-state index contributed by atoms with van der Waals surface area (Å²) in [6, 6.07) is 0. The number of ether oxygens (including phenoxy) is 1. The highest BCUT2D eigenvalue weighted by Crippen LogP contribution is 2.26. The maximum Gasteiger partial charge on any atom is 0.125 e. The first-order valence-electron chi connectivity index (χ1n) is 3.68. The number of allylic oxidation sites excluding steroid dienone is 4. The van der Waals surface area contributed by atoms with E-state index < -0.39 is 0 Å². The predicted octanol–water partition coefficient (Wildman–Crippen LogP) is 2.52. The van der Waals surface area contributed by atoms with Crippen molar-refractivity contribution in [3.8, 4) is 0 Å². The van der Waals surface area contributed by atoms with E-state index in [9.17, 15) is 0 Å². The lowest BCUT2D eigenvalue weighted by Gasteiger charge is -2.16. The Hall–Kier alpha value is -0.980. The van der Waals surface area contributed by atoms with Gasteiger partial charge in [-0.2, -0.15) is 0 Å². The third-order valence-corrected chi connectivity index (χ3v) is 1.83. The Bertz CT molecular complexity index is 197. The topological polar surface area (TPSA) is 9.23 Å². The molecule has 0 fully saturated rings. The van der Waals surface area contributed by atoms with E-state index in [4.69, 9.17) is 4.74 Å². The average molecular weight is 134 g/mol. The van der Waals surface area contributed by atoms with Crippen molar-refractivity contribution in [2.75, 3.05) is 0 Å². The van der Waals surface area contributed by atoms with Crippen molar-refractivity contribution in [2.24, 2.45) is 0 Å². The molecule has 1 aliphatic heterocycles. The van der Waals surface area contributed by atoms with Gasteiger partial charge in [0, 0.05) is 0 Å². The van der Waals surface area contributed by atoms with Gasteiger partial charge in [-0.05, 0) is 37.0 Å². The third kappa shape index (κ3) is 0.878. The van der Waals surface area contributed by atoms with E-state index in [0.717, 1.165) is 18.6 Å². The smallest absolute Gasteiger partial charge is 0.125 e. The molecule has 0 atom stereocenters. The van der Waals surface area contributed by atoms with Crippen LogP contribution < -0.4 is 0 Å². The summed E-state index contributed by atoms with van der Waals surface area (Å²) in [5.74, 6) is 1.08. The first-order chi connectivity index (χ1) is 4.97. The molecule has 2 aliphatic rings. The van der Waals surface area contributed by atoms with E-state index in [0.29, 0.717) is 0 Å². The Morgan fingerprint density at radius 3 is 3.00 bits per heavy atom. The summed E-state index contributed by atoms with van der Waals surface area (Å²) in [4.78, 5) is 0. The van der Waals surface area contributed by atoms with E-state index in [-0.39, 0.29) is 0 Å². The molecule has 0 unspecified atom stereocenters. The van der Waals surface area contributed by atoms with E-state index >= 15 is 0 Å². The Labute approximate surface area is 60.7 Å². The fraction of sp³-hybridized carbons (Fsp3) is 0.333. The Morgan fingerprint density at radius 1 is 1.20 bits per heavy atom. The molecule has 1 heterocycles. The van der Waals surface area contributed by atoms with E-state index in [1.807, 2.05) is 0 Å². The van der Waals surface area contributed by atoms with Gasteiger partial charge in [-0.15, -0.1) is 0 Å². The van der Waals surface area contributed by atoms with Crippen LogP contribution in [0.2, 0.25) is 0 Å². The van der Waals surface area contributed by atoms with Crippen molar-refractivity contribution >= 4 is 0 Å². The molecular weight excluding hydrogens is 124 g/mol. The maximum absolute atomic E-state index is 5.29. The minimum absolute atomic E-state index is 1.05. The van der Waals surface area contributed by atoms with E-state index in [1.165, 1.54) is 12.0 Å². The van der Waals surface area contributed by atoms with Crippen molar-refractivity contribution in [1.29, 1.82) is 0 Å². The lowest BCUT2D eigenvalue weighted by molar-refractivity contribution is 0.343. The first kappa shape index (κ1) is 5.78. The molecule has 0 saturated heterocycles. The van der Waals surface area contributed by atoms with E-state index in [2.05, 4.69) is 18.2 Å².